The molecule has 1 rings (SSSR count). The molecule has 1 aromatic rings. The van der Waals surface area contributed by atoms with E-state index in [2.05, 4.69) is 0 Å². The highest BCUT2D eigenvalue weighted by molar-refractivity contribution is 14.1. The topological polar surface area (TPSA) is 0 Å². The van der Waals surface area contributed by atoms with Crippen LogP contribution in [0.1, 0.15) is 11.1 Å². The summed E-state index contributed by atoms with van der Waals surface area (Å²) in [6, 6.07) is 3.79. The highest BCUT2D eigenvalue weighted by Crippen LogP contribution is 2.31. The molecule has 0 saturated heterocycles. The maximum atomic E-state index is 12.2. The summed E-state index contributed by atoms with van der Waals surface area (Å²) in [6.07, 6.45) is -4.29. The fourth-order valence-corrected chi connectivity index (χ4v) is 1.78. The fraction of sp³-hybridized carbons (Fsp3) is 0.250. The van der Waals surface area contributed by atoms with Crippen LogP contribution < -0.4 is 0 Å². The van der Waals surface area contributed by atoms with Crippen molar-refractivity contribution in [3.05, 3.63) is 32.9 Å². The quantitative estimate of drug-likeness (QED) is 0.541. The Kier molecular flexibility index (Phi) is 3.45. The monoisotopic (exact) mass is 320 g/mol. The Hall–Kier alpha value is 0.0300. The number of rotatable bonds is 1. The minimum atomic E-state index is -4.29. The molecule has 0 aromatic heterocycles. The van der Waals surface area contributed by atoms with Crippen molar-refractivity contribution in [2.45, 2.75) is 12.1 Å². The van der Waals surface area contributed by atoms with Crippen LogP contribution >= 0.6 is 34.2 Å². The van der Waals surface area contributed by atoms with Crippen molar-refractivity contribution in [1.29, 1.82) is 0 Å². The molecule has 0 heterocycles. The summed E-state index contributed by atoms with van der Waals surface area (Å²) in [6.45, 7) is 0. The van der Waals surface area contributed by atoms with Gasteiger partial charge in [0, 0.05) is 9.45 Å². The number of benzene rings is 1. The van der Waals surface area contributed by atoms with Crippen LogP contribution in [0.2, 0.25) is 0 Å². The van der Waals surface area contributed by atoms with Crippen LogP contribution in [0.15, 0.2) is 18.2 Å². The SMILES string of the molecule is FC(F)(F)c1cc(I)cc(CCl)c1. The second kappa shape index (κ2) is 4.04. The molecule has 0 nitrogen and oxygen atoms in total. The summed E-state index contributed by atoms with van der Waals surface area (Å²) in [4.78, 5) is 0. The first kappa shape index (κ1) is 11.1. The van der Waals surface area contributed by atoms with E-state index in [0.717, 1.165) is 12.1 Å². The van der Waals surface area contributed by atoms with E-state index in [-0.39, 0.29) is 5.88 Å². The van der Waals surface area contributed by atoms with Gasteiger partial charge in [-0.2, -0.15) is 13.2 Å². The molecule has 13 heavy (non-hydrogen) atoms. The van der Waals surface area contributed by atoms with Gasteiger partial charge in [-0.05, 0) is 46.4 Å². The first-order chi connectivity index (χ1) is 5.93. The minimum Gasteiger partial charge on any atom is -0.166 e. The van der Waals surface area contributed by atoms with Crippen molar-refractivity contribution in [1.82, 2.24) is 0 Å². The third kappa shape index (κ3) is 3.02. The van der Waals surface area contributed by atoms with Gasteiger partial charge in [0.15, 0.2) is 0 Å². The molecule has 72 valence electrons. The van der Waals surface area contributed by atoms with E-state index in [9.17, 15) is 13.2 Å². The Bertz CT molecular complexity index is 309. The summed E-state index contributed by atoms with van der Waals surface area (Å²) in [5, 5.41) is 0. The van der Waals surface area contributed by atoms with E-state index >= 15 is 0 Å². The molecule has 1 aromatic carbocycles. The van der Waals surface area contributed by atoms with Crippen LogP contribution in [0.3, 0.4) is 0 Å². The summed E-state index contributed by atoms with van der Waals surface area (Å²) in [5.41, 5.74) is -0.157. The molecule has 0 saturated carbocycles. The van der Waals surface area contributed by atoms with Crippen molar-refractivity contribution < 1.29 is 13.2 Å². The third-order valence-electron chi connectivity index (χ3n) is 1.44. The van der Waals surface area contributed by atoms with E-state index in [4.69, 9.17) is 11.6 Å². The lowest BCUT2D eigenvalue weighted by atomic mass is 10.1. The van der Waals surface area contributed by atoms with Gasteiger partial charge in [-0.15, -0.1) is 11.6 Å². The molecule has 0 fully saturated rings. The summed E-state index contributed by atoms with van der Waals surface area (Å²) < 4.78 is 37.3. The fourth-order valence-electron chi connectivity index (χ4n) is 0.891. The van der Waals surface area contributed by atoms with Gasteiger partial charge in [0.05, 0.1) is 5.56 Å². The third-order valence-corrected chi connectivity index (χ3v) is 2.37. The predicted molar refractivity (Wildman–Crippen MR) is 53.7 cm³/mol. The van der Waals surface area contributed by atoms with Gasteiger partial charge in [0.25, 0.3) is 0 Å². The second-order valence-corrected chi connectivity index (χ2v) is 3.99. The molecule has 0 radical (unpaired) electrons. The first-order valence-corrected chi connectivity index (χ1v) is 4.97. The van der Waals surface area contributed by atoms with Crippen molar-refractivity contribution in [3.8, 4) is 0 Å². The van der Waals surface area contributed by atoms with Crippen LogP contribution in [-0.2, 0) is 12.1 Å². The van der Waals surface area contributed by atoms with Crippen molar-refractivity contribution in [2.75, 3.05) is 0 Å². The molecule has 0 aliphatic heterocycles. The first-order valence-electron chi connectivity index (χ1n) is 3.36. The minimum absolute atomic E-state index is 0.0971. The molecular formula is C8H5ClF3I. The predicted octanol–water partition coefficient (Wildman–Crippen LogP) is 4.05. The molecule has 0 atom stereocenters. The Labute approximate surface area is 92.2 Å². The molecular weight excluding hydrogens is 315 g/mol. The molecule has 0 aliphatic rings. The van der Waals surface area contributed by atoms with Gasteiger partial charge in [-0.25, -0.2) is 0 Å². The lowest BCUT2D eigenvalue weighted by molar-refractivity contribution is -0.137. The Morgan fingerprint density at radius 1 is 1.23 bits per heavy atom. The van der Waals surface area contributed by atoms with Crippen molar-refractivity contribution in [3.63, 3.8) is 0 Å². The molecule has 0 unspecified atom stereocenters. The van der Waals surface area contributed by atoms with Crippen LogP contribution in [-0.4, -0.2) is 0 Å². The van der Waals surface area contributed by atoms with E-state index in [1.807, 2.05) is 22.6 Å². The number of halogens is 5. The Balaban J connectivity index is 3.16. The van der Waals surface area contributed by atoms with Crippen molar-refractivity contribution in [2.24, 2.45) is 0 Å². The second-order valence-electron chi connectivity index (χ2n) is 2.48. The molecule has 5 heteroatoms. The standard InChI is InChI=1S/C8H5ClF3I/c9-4-5-1-6(8(10,11)12)3-7(13)2-5/h1-3H,4H2. The lowest BCUT2D eigenvalue weighted by Gasteiger charge is -2.08. The number of hydrogen-bond acceptors (Lipinski definition) is 0. The van der Waals surface area contributed by atoms with E-state index in [1.54, 1.807) is 6.07 Å². The summed E-state index contributed by atoms with van der Waals surface area (Å²) in [5.74, 6) is 0.0971. The van der Waals surface area contributed by atoms with Crippen LogP contribution in [0, 0.1) is 3.57 Å². The molecule has 0 bridgehead atoms. The summed E-state index contributed by atoms with van der Waals surface area (Å²) >= 11 is 7.29. The average molecular weight is 320 g/mol. The normalized spacial score (nSPS) is 11.8. The van der Waals surface area contributed by atoms with Crippen molar-refractivity contribution >= 4 is 34.2 Å². The van der Waals surface area contributed by atoms with Gasteiger partial charge in [-0.3, -0.25) is 0 Å². The zero-order valence-corrected chi connectivity index (χ0v) is 9.24. The molecule has 0 aliphatic carbocycles. The number of hydrogen-bond donors (Lipinski definition) is 0. The van der Waals surface area contributed by atoms with Crippen LogP contribution in [0.25, 0.3) is 0 Å². The summed E-state index contributed by atoms with van der Waals surface area (Å²) in [7, 11) is 0. The van der Waals surface area contributed by atoms with Crippen LogP contribution in [0.4, 0.5) is 13.2 Å². The van der Waals surface area contributed by atoms with E-state index in [1.165, 1.54) is 0 Å². The average Bonchev–Trinajstić information content (AvgIpc) is 2.01. The Morgan fingerprint density at radius 2 is 1.85 bits per heavy atom. The Morgan fingerprint density at radius 3 is 2.31 bits per heavy atom. The van der Waals surface area contributed by atoms with Gasteiger partial charge in [0.1, 0.15) is 0 Å². The smallest absolute Gasteiger partial charge is 0.166 e. The lowest BCUT2D eigenvalue weighted by Crippen LogP contribution is -2.05. The highest BCUT2D eigenvalue weighted by atomic mass is 127. The maximum absolute atomic E-state index is 12.2. The largest absolute Gasteiger partial charge is 0.416 e. The number of alkyl halides is 4. The van der Waals surface area contributed by atoms with Crippen LogP contribution in [0.5, 0.6) is 0 Å². The molecule has 0 N–H and O–H groups in total. The highest BCUT2D eigenvalue weighted by Gasteiger charge is 2.30. The van der Waals surface area contributed by atoms with E-state index < -0.39 is 11.7 Å². The zero-order valence-electron chi connectivity index (χ0n) is 6.33. The maximum Gasteiger partial charge on any atom is 0.416 e. The molecule has 0 spiro atoms. The zero-order chi connectivity index (χ0) is 10.1. The van der Waals surface area contributed by atoms with E-state index in [0.29, 0.717) is 9.13 Å². The van der Waals surface area contributed by atoms with Gasteiger partial charge in [-0.1, -0.05) is 0 Å². The van der Waals surface area contributed by atoms with Gasteiger partial charge in [0.2, 0.25) is 0 Å². The molecule has 0 amide bonds. The van der Waals surface area contributed by atoms with Gasteiger partial charge < -0.3 is 0 Å². The van der Waals surface area contributed by atoms with Gasteiger partial charge >= 0.3 is 6.18 Å².